The molecular formula is C14H18ClNO3. The third-order valence-corrected chi connectivity index (χ3v) is 3.33. The van der Waals surface area contributed by atoms with E-state index in [1.54, 1.807) is 18.2 Å². The number of carbonyl (C=O) groups excluding carboxylic acids is 1. The van der Waals surface area contributed by atoms with Gasteiger partial charge in [-0.15, -0.1) is 0 Å². The molecule has 0 saturated carbocycles. The van der Waals surface area contributed by atoms with Crippen LogP contribution in [0, 0.1) is 6.92 Å². The fourth-order valence-corrected chi connectivity index (χ4v) is 2.13. The fourth-order valence-electron chi connectivity index (χ4n) is 1.94. The van der Waals surface area contributed by atoms with Crippen LogP contribution in [0.2, 0.25) is 5.02 Å². The Morgan fingerprint density at radius 1 is 1.42 bits per heavy atom. The zero-order valence-corrected chi connectivity index (χ0v) is 12.1. The molecule has 1 rings (SSSR count). The van der Waals surface area contributed by atoms with Gasteiger partial charge >= 0.3 is 5.97 Å². The summed E-state index contributed by atoms with van der Waals surface area (Å²) in [6.07, 6.45) is 0.697. The van der Waals surface area contributed by atoms with E-state index < -0.39 is 12.0 Å². The third-order valence-electron chi connectivity index (χ3n) is 2.93. The predicted molar refractivity (Wildman–Crippen MR) is 74.2 cm³/mol. The van der Waals surface area contributed by atoms with E-state index in [2.05, 4.69) is 0 Å². The van der Waals surface area contributed by atoms with E-state index in [1.807, 2.05) is 13.8 Å². The summed E-state index contributed by atoms with van der Waals surface area (Å²) in [4.78, 5) is 24.5. The lowest BCUT2D eigenvalue weighted by Gasteiger charge is -2.28. The van der Waals surface area contributed by atoms with Gasteiger partial charge in [-0.25, -0.2) is 4.79 Å². The number of rotatable bonds is 5. The Balaban J connectivity index is 3.21. The van der Waals surface area contributed by atoms with Gasteiger partial charge in [-0.05, 0) is 30.5 Å². The SMILES string of the molecule is CCCN(C(C)=O)C(C(=O)O)c1ccc(C)c(Cl)c1. The highest BCUT2D eigenvalue weighted by atomic mass is 35.5. The molecule has 0 saturated heterocycles. The second kappa shape index (κ2) is 6.57. The molecule has 1 aromatic carbocycles. The first-order valence-electron chi connectivity index (χ1n) is 6.14. The van der Waals surface area contributed by atoms with Crippen molar-refractivity contribution in [2.24, 2.45) is 0 Å². The molecule has 1 atom stereocenters. The standard InChI is InChI=1S/C14H18ClNO3/c1-4-7-16(10(3)17)13(14(18)19)11-6-5-9(2)12(15)8-11/h5-6,8,13H,4,7H2,1-3H3,(H,18,19). The zero-order valence-electron chi connectivity index (χ0n) is 11.3. The van der Waals surface area contributed by atoms with Crippen LogP contribution in [0.3, 0.4) is 0 Å². The third kappa shape index (κ3) is 3.70. The minimum atomic E-state index is -1.05. The van der Waals surface area contributed by atoms with Crippen LogP contribution in [0.15, 0.2) is 18.2 Å². The molecule has 0 bridgehead atoms. The van der Waals surface area contributed by atoms with Gasteiger partial charge in [0.05, 0.1) is 0 Å². The van der Waals surface area contributed by atoms with E-state index in [4.69, 9.17) is 11.6 Å². The first-order valence-corrected chi connectivity index (χ1v) is 6.52. The highest BCUT2D eigenvalue weighted by molar-refractivity contribution is 6.31. The topological polar surface area (TPSA) is 57.6 Å². The quantitative estimate of drug-likeness (QED) is 0.903. The van der Waals surface area contributed by atoms with Crippen LogP contribution in [-0.2, 0) is 9.59 Å². The largest absolute Gasteiger partial charge is 0.479 e. The molecule has 104 valence electrons. The zero-order chi connectivity index (χ0) is 14.6. The summed E-state index contributed by atoms with van der Waals surface area (Å²) >= 11 is 6.03. The molecule has 0 aromatic heterocycles. The molecule has 1 N–H and O–H groups in total. The van der Waals surface area contributed by atoms with Crippen molar-refractivity contribution in [3.63, 3.8) is 0 Å². The highest BCUT2D eigenvalue weighted by Gasteiger charge is 2.29. The van der Waals surface area contributed by atoms with Crippen LogP contribution in [0.25, 0.3) is 0 Å². The Labute approximate surface area is 118 Å². The van der Waals surface area contributed by atoms with Crippen LogP contribution in [-0.4, -0.2) is 28.4 Å². The number of carboxylic acid groups (broad SMARTS) is 1. The summed E-state index contributed by atoms with van der Waals surface area (Å²) in [5, 5.41) is 9.90. The van der Waals surface area contributed by atoms with Crippen LogP contribution in [0.1, 0.15) is 37.4 Å². The monoisotopic (exact) mass is 283 g/mol. The molecule has 0 spiro atoms. The molecule has 0 radical (unpaired) electrons. The minimum absolute atomic E-state index is 0.258. The van der Waals surface area contributed by atoms with Crippen molar-refractivity contribution >= 4 is 23.5 Å². The average molecular weight is 284 g/mol. The lowest BCUT2D eigenvalue weighted by atomic mass is 10.0. The lowest BCUT2D eigenvalue weighted by molar-refractivity contribution is -0.149. The number of carboxylic acids is 1. The van der Waals surface area contributed by atoms with E-state index in [1.165, 1.54) is 11.8 Å². The summed E-state index contributed by atoms with van der Waals surface area (Å²) in [5.74, 6) is -1.31. The van der Waals surface area contributed by atoms with Crippen LogP contribution < -0.4 is 0 Å². The number of aryl methyl sites for hydroxylation is 1. The molecule has 5 heteroatoms. The summed E-state index contributed by atoms with van der Waals surface area (Å²) in [5.41, 5.74) is 1.39. The highest BCUT2D eigenvalue weighted by Crippen LogP contribution is 2.26. The van der Waals surface area contributed by atoms with E-state index in [-0.39, 0.29) is 5.91 Å². The number of nitrogens with zero attached hydrogens (tertiary/aromatic N) is 1. The van der Waals surface area contributed by atoms with Crippen LogP contribution in [0.5, 0.6) is 0 Å². The van der Waals surface area contributed by atoms with Gasteiger partial charge in [-0.2, -0.15) is 0 Å². The number of hydrogen-bond acceptors (Lipinski definition) is 2. The molecule has 0 aliphatic carbocycles. The maximum absolute atomic E-state index is 11.6. The summed E-state index contributed by atoms with van der Waals surface area (Å²) < 4.78 is 0. The van der Waals surface area contributed by atoms with Gasteiger partial charge in [0.15, 0.2) is 6.04 Å². The maximum Gasteiger partial charge on any atom is 0.331 e. The molecule has 0 aliphatic heterocycles. The number of amides is 1. The molecule has 1 amide bonds. The fraction of sp³-hybridized carbons (Fsp3) is 0.429. The number of benzene rings is 1. The average Bonchev–Trinajstić information content (AvgIpc) is 2.32. The molecule has 4 nitrogen and oxygen atoms in total. The predicted octanol–water partition coefficient (Wildman–Crippen LogP) is 3.03. The number of halogens is 1. The molecule has 0 aliphatic rings. The van der Waals surface area contributed by atoms with Crippen molar-refractivity contribution < 1.29 is 14.7 Å². The normalized spacial score (nSPS) is 12.0. The van der Waals surface area contributed by atoms with E-state index in [9.17, 15) is 14.7 Å². The van der Waals surface area contributed by atoms with Gasteiger partial charge in [-0.1, -0.05) is 30.7 Å². The Morgan fingerprint density at radius 3 is 2.47 bits per heavy atom. The number of hydrogen-bond donors (Lipinski definition) is 1. The van der Waals surface area contributed by atoms with Crippen LogP contribution in [0.4, 0.5) is 0 Å². The molecule has 19 heavy (non-hydrogen) atoms. The van der Waals surface area contributed by atoms with Crippen molar-refractivity contribution in [1.82, 2.24) is 4.90 Å². The Morgan fingerprint density at radius 2 is 2.05 bits per heavy atom. The second-order valence-corrected chi connectivity index (χ2v) is 4.87. The van der Waals surface area contributed by atoms with Gasteiger partial charge in [0, 0.05) is 18.5 Å². The Kier molecular flexibility index (Phi) is 5.36. The van der Waals surface area contributed by atoms with E-state index >= 15 is 0 Å². The molecule has 0 fully saturated rings. The van der Waals surface area contributed by atoms with Crippen molar-refractivity contribution in [1.29, 1.82) is 0 Å². The van der Waals surface area contributed by atoms with Gasteiger partial charge in [-0.3, -0.25) is 4.79 Å². The van der Waals surface area contributed by atoms with Gasteiger partial charge in [0.2, 0.25) is 5.91 Å². The summed E-state index contributed by atoms with van der Waals surface area (Å²) in [7, 11) is 0. The Hall–Kier alpha value is -1.55. The number of aliphatic carboxylic acids is 1. The summed E-state index contributed by atoms with van der Waals surface area (Å²) in [6.45, 7) is 5.52. The molecule has 1 unspecified atom stereocenters. The van der Waals surface area contributed by atoms with Gasteiger partial charge in [0.1, 0.15) is 0 Å². The molecule has 0 heterocycles. The van der Waals surface area contributed by atoms with E-state index in [0.717, 1.165) is 5.56 Å². The number of carbonyl (C=O) groups is 2. The smallest absolute Gasteiger partial charge is 0.331 e. The first-order chi connectivity index (χ1) is 8.88. The second-order valence-electron chi connectivity index (χ2n) is 4.46. The summed E-state index contributed by atoms with van der Waals surface area (Å²) in [6, 6.07) is 4.08. The molecule has 1 aromatic rings. The van der Waals surface area contributed by atoms with Crippen molar-refractivity contribution in [2.75, 3.05) is 6.54 Å². The first kappa shape index (κ1) is 15.5. The van der Waals surface area contributed by atoms with Gasteiger partial charge < -0.3 is 10.0 Å². The minimum Gasteiger partial charge on any atom is -0.479 e. The van der Waals surface area contributed by atoms with Gasteiger partial charge in [0.25, 0.3) is 0 Å². The van der Waals surface area contributed by atoms with Crippen molar-refractivity contribution in [3.8, 4) is 0 Å². The van der Waals surface area contributed by atoms with Crippen molar-refractivity contribution in [3.05, 3.63) is 34.3 Å². The van der Waals surface area contributed by atoms with E-state index in [0.29, 0.717) is 23.6 Å². The maximum atomic E-state index is 11.6. The van der Waals surface area contributed by atoms with Crippen LogP contribution >= 0.6 is 11.6 Å². The van der Waals surface area contributed by atoms with Crippen molar-refractivity contribution in [2.45, 2.75) is 33.2 Å². The Bertz CT molecular complexity index is 488. The molecular weight excluding hydrogens is 266 g/mol. The lowest BCUT2D eigenvalue weighted by Crippen LogP contribution is -2.38.